The van der Waals surface area contributed by atoms with Crippen LogP contribution in [-0.4, -0.2) is 11.0 Å². The maximum Gasteiger partial charge on any atom is 0.417 e. The molecule has 1 fully saturated rings. The van der Waals surface area contributed by atoms with Crippen LogP contribution in [0, 0.1) is 6.92 Å². The van der Waals surface area contributed by atoms with Crippen molar-refractivity contribution < 1.29 is 4.42 Å². The minimum absolute atomic E-state index is 0.378. The van der Waals surface area contributed by atoms with Crippen molar-refractivity contribution in [1.29, 1.82) is 0 Å². The van der Waals surface area contributed by atoms with E-state index in [9.17, 15) is 4.79 Å². The predicted molar refractivity (Wildman–Crippen MR) is 109 cm³/mol. The molecule has 0 aliphatic heterocycles. The lowest BCUT2D eigenvalue weighted by Gasteiger charge is -2.32. The molecule has 0 amide bonds. The first-order chi connectivity index (χ1) is 13.1. The zero-order valence-electron chi connectivity index (χ0n) is 16.1. The molecule has 1 atom stereocenters. The fourth-order valence-corrected chi connectivity index (χ4v) is 4.43. The minimum atomic E-state index is -0.378. The number of aromatic amines is 1. The number of oxazole rings is 1. The van der Waals surface area contributed by atoms with Crippen molar-refractivity contribution in [2.75, 3.05) is 0 Å². The van der Waals surface area contributed by atoms with Gasteiger partial charge in [0.05, 0.1) is 5.52 Å². The normalized spacial score (nSPS) is 21.4. The Labute approximate surface area is 160 Å². The van der Waals surface area contributed by atoms with Crippen molar-refractivity contribution in [3.63, 3.8) is 0 Å². The van der Waals surface area contributed by atoms with Gasteiger partial charge in [-0.2, -0.15) is 0 Å². The lowest BCUT2D eigenvalue weighted by molar-refractivity contribution is 0.312. The Morgan fingerprint density at radius 1 is 1.15 bits per heavy atom. The van der Waals surface area contributed by atoms with Gasteiger partial charge in [-0.05, 0) is 68.2 Å². The highest BCUT2D eigenvalue weighted by atomic mass is 16.4. The highest BCUT2D eigenvalue weighted by molar-refractivity contribution is 5.72. The molecular formula is C23H28N2O2. The molecule has 0 spiro atoms. The molecule has 2 aromatic carbocycles. The third-order valence-electron chi connectivity index (χ3n) is 5.93. The van der Waals surface area contributed by atoms with Crippen LogP contribution in [0.4, 0.5) is 0 Å². The minimum Gasteiger partial charge on any atom is -0.408 e. The molecule has 0 saturated heterocycles. The SMILES string of the molecule is CCC(NC1CCC(c2ccc3[nH]c(=O)oc3c2)CC1)c1cccc(C)c1. The number of H-pyrrole nitrogens is 1. The summed E-state index contributed by atoms with van der Waals surface area (Å²) < 4.78 is 5.22. The average Bonchev–Trinajstić information content (AvgIpc) is 3.05. The summed E-state index contributed by atoms with van der Waals surface area (Å²) in [5.41, 5.74) is 5.46. The number of nitrogens with one attached hydrogen (secondary N) is 2. The van der Waals surface area contributed by atoms with Gasteiger partial charge in [-0.3, -0.25) is 4.98 Å². The topological polar surface area (TPSA) is 58.0 Å². The molecule has 4 nitrogen and oxygen atoms in total. The molecule has 1 aromatic heterocycles. The van der Waals surface area contributed by atoms with Crippen LogP contribution in [0.15, 0.2) is 51.7 Å². The first-order valence-electron chi connectivity index (χ1n) is 10.1. The number of rotatable bonds is 5. The van der Waals surface area contributed by atoms with Crippen LogP contribution < -0.4 is 11.1 Å². The molecule has 0 radical (unpaired) electrons. The maximum absolute atomic E-state index is 11.4. The number of fused-ring (bicyclic) bond motifs is 1. The number of aromatic nitrogens is 1. The summed E-state index contributed by atoms with van der Waals surface area (Å²) in [7, 11) is 0. The lowest BCUT2D eigenvalue weighted by atomic mass is 9.81. The molecule has 142 valence electrons. The maximum atomic E-state index is 11.4. The van der Waals surface area contributed by atoms with Crippen molar-refractivity contribution in [2.45, 2.75) is 64.0 Å². The van der Waals surface area contributed by atoms with Crippen LogP contribution in [0.25, 0.3) is 11.1 Å². The van der Waals surface area contributed by atoms with E-state index in [1.807, 2.05) is 12.1 Å². The summed E-state index contributed by atoms with van der Waals surface area (Å²) in [6, 6.07) is 16.0. The Bertz CT molecular complexity index is 964. The third-order valence-corrected chi connectivity index (χ3v) is 5.93. The fourth-order valence-electron chi connectivity index (χ4n) is 4.43. The van der Waals surface area contributed by atoms with E-state index in [2.05, 4.69) is 54.5 Å². The van der Waals surface area contributed by atoms with Gasteiger partial charge < -0.3 is 9.73 Å². The van der Waals surface area contributed by atoms with Gasteiger partial charge in [0, 0.05) is 12.1 Å². The quantitative estimate of drug-likeness (QED) is 0.654. The van der Waals surface area contributed by atoms with Crippen molar-refractivity contribution in [3.8, 4) is 0 Å². The van der Waals surface area contributed by atoms with Gasteiger partial charge >= 0.3 is 5.76 Å². The molecular weight excluding hydrogens is 336 g/mol. The highest BCUT2D eigenvalue weighted by Gasteiger charge is 2.24. The van der Waals surface area contributed by atoms with Gasteiger partial charge in [0.25, 0.3) is 0 Å². The number of aryl methyl sites for hydroxylation is 1. The van der Waals surface area contributed by atoms with Crippen molar-refractivity contribution in [3.05, 3.63) is 69.7 Å². The lowest BCUT2D eigenvalue weighted by Crippen LogP contribution is -2.35. The van der Waals surface area contributed by atoms with Crippen LogP contribution in [0.1, 0.15) is 67.7 Å². The van der Waals surface area contributed by atoms with E-state index < -0.39 is 0 Å². The van der Waals surface area contributed by atoms with E-state index in [0.717, 1.165) is 11.9 Å². The molecule has 1 aliphatic rings. The summed E-state index contributed by atoms with van der Waals surface area (Å²) in [5, 5.41) is 3.89. The van der Waals surface area contributed by atoms with E-state index >= 15 is 0 Å². The monoisotopic (exact) mass is 364 g/mol. The van der Waals surface area contributed by atoms with Gasteiger partial charge in [-0.25, -0.2) is 4.79 Å². The van der Waals surface area contributed by atoms with E-state index in [4.69, 9.17) is 4.42 Å². The van der Waals surface area contributed by atoms with Crippen LogP contribution in [0.5, 0.6) is 0 Å². The number of benzene rings is 2. The summed E-state index contributed by atoms with van der Waals surface area (Å²) in [6.45, 7) is 4.41. The Balaban J connectivity index is 1.39. The molecule has 3 aromatic rings. The average molecular weight is 364 g/mol. The van der Waals surface area contributed by atoms with Crippen LogP contribution >= 0.6 is 0 Å². The van der Waals surface area contributed by atoms with E-state index in [0.29, 0.717) is 23.6 Å². The first kappa shape index (κ1) is 18.1. The first-order valence-corrected chi connectivity index (χ1v) is 10.1. The van der Waals surface area contributed by atoms with Gasteiger partial charge in [-0.1, -0.05) is 42.8 Å². The molecule has 1 unspecified atom stereocenters. The third kappa shape index (κ3) is 4.01. The number of hydrogen-bond acceptors (Lipinski definition) is 3. The second-order valence-electron chi connectivity index (χ2n) is 7.86. The summed E-state index contributed by atoms with van der Waals surface area (Å²) in [5.74, 6) is 0.170. The molecule has 27 heavy (non-hydrogen) atoms. The molecule has 4 rings (SSSR count). The Morgan fingerprint density at radius 3 is 2.70 bits per heavy atom. The van der Waals surface area contributed by atoms with E-state index in [-0.39, 0.29) is 5.76 Å². The smallest absolute Gasteiger partial charge is 0.408 e. The fraction of sp³-hybridized carbons (Fsp3) is 0.435. The van der Waals surface area contributed by atoms with Gasteiger partial charge in [-0.15, -0.1) is 0 Å². The van der Waals surface area contributed by atoms with Crippen molar-refractivity contribution in [1.82, 2.24) is 10.3 Å². The Morgan fingerprint density at radius 2 is 1.96 bits per heavy atom. The van der Waals surface area contributed by atoms with Crippen molar-refractivity contribution in [2.24, 2.45) is 0 Å². The van der Waals surface area contributed by atoms with Crippen LogP contribution in [0.3, 0.4) is 0 Å². The van der Waals surface area contributed by atoms with E-state index in [1.165, 1.54) is 42.4 Å². The van der Waals surface area contributed by atoms with E-state index in [1.54, 1.807) is 0 Å². The summed E-state index contributed by atoms with van der Waals surface area (Å²) in [4.78, 5) is 14.1. The van der Waals surface area contributed by atoms with Crippen LogP contribution in [-0.2, 0) is 0 Å². The molecule has 1 aliphatic carbocycles. The molecule has 4 heteroatoms. The highest BCUT2D eigenvalue weighted by Crippen LogP contribution is 2.35. The zero-order valence-corrected chi connectivity index (χ0v) is 16.1. The summed E-state index contributed by atoms with van der Waals surface area (Å²) in [6.07, 6.45) is 5.81. The largest absolute Gasteiger partial charge is 0.417 e. The molecule has 1 heterocycles. The predicted octanol–water partition coefficient (Wildman–Crippen LogP) is 5.20. The zero-order chi connectivity index (χ0) is 18.8. The Hall–Kier alpha value is -2.33. The van der Waals surface area contributed by atoms with Gasteiger partial charge in [0.15, 0.2) is 5.58 Å². The Kier molecular flexibility index (Phi) is 5.17. The molecule has 2 N–H and O–H groups in total. The van der Waals surface area contributed by atoms with Crippen molar-refractivity contribution >= 4 is 11.1 Å². The van der Waals surface area contributed by atoms with Gasteiger partial charge in [0.1, 0.15) is 0 Å². The molecule has 1 saturated carbocycles. The van der Waals surface area contributed by atoms with Crippen LogP contribution in [0.2, 0.25) is 0 Å². The van der Waals surface area contributed by atoms with Gasteiger partial charge in [0.2, 0.25) is 0 Å². The second-order valence-corrected chi connectivity index (χ2v) is 7.86. The number of hydrogen-bond donors (Lipinski definition) is 2. The standard InChI is InChI=1S/C23H28N2O2/c1-3-20(18-6-4-5-15(2)13-18)24-19-10-7-16(8-11-19)17-9-12-21-22(14-17)27-23(26)25-21/h4-6,9,12-14,16,19-20,24H,3,7-8,10-11H2,1-2H3,(H,25,26). The molecule has 0 bridgehead atoms. The second kappa shape index (κ2) is 7.73. The summed E-state index contributed by atoms with van der Waals surface area (Å²) >= 11 is 0.